The summed E-state index contributed by atoms with van der Waals surface area (Å²) in [6.45, 7) is 3.63. The molecule has 26 heavy (non-hydrogen) atoms. The van der Waals surface area contributed by atoms with E-state index in [1.165, 1.54) is 96.4 Å². The van der Waals surface area contributed by atoms with E-state index >= 15 is 0 Å². The van der Waals surface area contributed by atoms with Gasteiger partial charge in [0, 0.05) is 0 Å². The molecule has 4 N–H and O–H groups in total. The van der Waals surface area contributed by atoms with E-state index in [-0.39, 0.29) is 17.0 Å². The summed E-state index contributed by atoms with van der Waals surface area (Å²) in [6, 6.07) is 0. The second-order valence-corrected chi connectivity index (χ2v) is 9.41. The molecular weight excluding hydrogens is 414 g/mol. The summed E-state index contributed by atoms with van der Waals surface area (Å²) in [5.74, 6) is 0. The monoisotopic (exact) mass is 460 g/mol. The Hall–Kier alpha value is 0.497. The summed E-state index contributed by atoms with van der Waals surface area (Å²) in [5, 5.41) is 0. The van der Waals surface area contributed by atoms with Crippen LogP contribution in [0.15, 0.2) is 0 Å². The van der Waals surface area contributed by atoms with Crippen LogP contribution in [0, 0.1) is 0 Å². The van der Waals surface area contributed by atoms with E-state index in [4.69, 9.17) is 19.2 Å². The lowest BCUT2D eigenvalue weighted by Gasteiger charge is -2.23. The third-order valence-electron chi connectivity index (χ3n) is 4.18. The van der Waals surface area contributed by atoms with Crippen LogP contribution < -0.4 is 0 Å². The molecule has 5 nitrogen and oxygen atoms in total. The van der Waals surface area contributed by atoms with Gasteiger partial charge in [-0.05, 0) is 12.8 Å². The van der Waals surface area contributed by atoms with E-state index in [1.54, 1.807) is 0 Å². The van der Waals surface area contributed by atoms with Crippen LogP contribution in [0.2, 0.25) is 0 Å². The molecule has 0 spiro atoms. The summed E-state index contributed by atoms with van der Waals surface area (Å²) >= 11 is 0. The lowest BCUT2D eigenvalue weighted by molar-refractivity contribution is -0.870. The maximum atomic E-state index is 7.33. The van der Waals surface area contributed by atoms with Gasteiger partial charge in [0.1, 0.15) is 0 Å². The van der Waals surface area contributed by atoms with Crippen LogP contribution in [0.25, 0.3) is 0 Å². The average Bonchev–Trinajstić information content (AvgIpc) is 2.45. The molecular formula is C19H47BrNO4Si+. The fraction of sp³-hybridized carbons (Fsp3) is 1.00. The number of unbranched alkanes of at least 4 members (excludes halogenated alkanes) is 13. The molecule has 0 saturated carbocycles. The SMILES string of the molecule is Br.CCCCCCCCCCCCCCCC[N+](C)(C)C.O[Si](O)(O)O. The minimum atomic E-state index is -4.61. The average molecular weight is 462 g/mol. The highest BCUT2D eigenvalue weighted by molar-refractivity contribution is 8.93. The third kappa shape index (κ3) is 44.2. The van der Waals surface area contributed by atoms with Gasteiger partial charge in [-0.2, -0.15) is 0 Å². The van der Waals surface area contributed by atoms with Crippen molar-refractivity contribution in [2.75, 3.05) is 27.7 Å². The fourth-order valence-corrected chi connectivity index (χ4v) is 2.78. The molecule has 0 radical (unpaired) electrons. The second kappa shape index (κ2) is 20.2. The summed E-state index contributed by atoms with van der Waals surface area (Å²) in [5.41, 5.74) is 0. The highest BCUT2D eigenvalue weighted by Gasteiger charge is 2.22. The zero-order valence-electron chi connectivity index (χ0n) is 17.8. The number of hydrogen-bond donors (Lipinski definition) is 4. The van der Waals surface area contributed by atoms with Crippen LogP contribution in [-0.4, -0.2) is 60.4 Å². The van der Waals surface area contributed by atoms with Gasteiger partial charge in [0.2, 0.25) is 0 Å². The van der Waals surface area contributed by atoms with Crippen molar-refractivity contribution < 1.29 is 23.7 Å². The molecule has 0 bridgehead atoms. The number of halogens is 1. The van der Waals surface area contributed by atoms with Crippen molar-refractivity contribution in [3.63, 3.8) is 0 Å². The first-order valence-electron chi connectivity index (χ1n) is 10.3. The fourth-order valence-electron chi connectivity index (χ4n) is 2.78. The quantitative estimate of drug-likeness (QED) is 0.168. The van der Waals surface area contributed by atoms with Crippen molar-refractivity contribution in [2.45, 2.75) is 96.8 Å². The van der Waals surface area contributed by atoms with Crippen molar-refractivity contribution in [2.24, 2.45) is 0 Å². The van der Waals surface area contributed by atoms with Crippen LogP contribution in [0.5, 0.6) is 0 Å². The number of quaternary nitrogens is 1. The van der Waals surface area contributed by atoms with E-state index < -0.39 is 9.05 Å². The Morgan fingerprint density at radius 2 is 0.769 bits per heavy atom. The van der Waals surface area contributed by atoms with Crippen LogP contribution in [-0.2, 0) is 0 Å². The predicted molar refractivity (Wildman–Crippen MR) is 118 cm³/mol. The first-order valence-corrected chi connectivity index (χ1v) is 12.0. The van der Waals surface area contributed by atoms with Gasteiger partial charge in [-0.15, -0.1) is 17.0 Å². The highest BCUT2D eigenvalue weighted by atomic mass is 79.9. The smallest absolute Gasteiger partial charge is 0.368 e. The summed E-state index contributed by atoms with van der Waals surface area (Å²) in [6.07, 6.45) is 20.4. The maximum Gasteiger partial charge on any atom is 0.668 e. The molecule has 162 valence electrons. The van der Waals surface area contributed by atoms with E-state index in [1.807, 2.05) is 0 Å². The molecule has 0 aromatic carbocycles. The Kier molecular flexibility index (Phi) is 24.3. The minimum absolute atomic E-state index is 0. The third-order valence-corrected chi connectivity index (χ3v) is 4.18. The van der Waals surface area contributed by atoms with Crippen molar-refractivity contribution in [1.82, 2.24) is 0 Å². The molecule has 0 heterocycles. The Morgan fingerprint density at radius 1 is 0.538 bits per heavy atom. The highest BCUT2D eigenvalue weighted by Crippen LogP contribution is 2.13. The van der Waals surface area contributed by atoms with Crippen molar-refractivity contribution >= 4 is 26.0 Å². The number of nitrogens with zero attached hydrogens (tertiary/aromatic N) is 1. The summed E-state index contributed by atoms with van der Waals surface area (Å²) in [4.78, 5) is 29.3. The molecule has 0 fully saturated rings. The van der Waals surface area contributed by atoms with Gasteiger partial charge in [-0.1, -0.05) is 84.0 Å². The van der Waals surface area contributed by atoms with Crippen LogP contribution in [0.3, 0.4) is 0 Å². The molecule has 0 rings (SSSR count). The van der Waals surface area contributed by atoms with Crippen molar-refractivity contribution in [3.05, 3.63) is 0 Å². The largest absolute Gasteiger partial charge is 0.668 e. The Morgan fingerprint density at radius 3 is 1.00 bits per heavy atom. The first-order chi connectivity index (χ1) is 11.6. The number of hydrogen-bond acceptors (Lipinski definition) is 4. The first kappa shape index (κ1) is 31.2. The molecule has 0 aliphatic rings. The lowest BCUT2D eigenvalue weighted by Crippen LogP contribution is -2.35. The molecule has 0 aromatic rings. The molecule has 0 atom stereocenters. The van der Waals surface area contributed by atoms with Gasteiger partial charge in [0.15, 0.2) is 0 Å². The van der Waals surface area contributed by atoms with Crippen LogP contribution in [0.4, 0.5) is 0 Å². The molecule has 0 amide bonds. The minimum Gasteiger partial charge on any atom is -0.368 e. The Labute approximate surface area is 174 Å². The van der Waals surface area contributed by atoms with E-state index in [2.05, 4.69) is 28.1 Å². The summed E-state index contributed by atoms with van der Waals surface area (Å²) < 4.78 is 1.12. The van der Waals surface area contributed by atoms with E-state index in [0.29, 0.717) is 0 Å². The summed E-state index contributed by atoms with van der Waals surface area (Å²) in [7, 11) is 2.27. The zero-order valence-corrected chi connectivity index (χ0v) is 20.5. The van der Waals surface area contributed by atoms with E-state index in [0.717, 1.165) is 4.48 Å². The molecule has 7 heteroatoms. The van der Waals surface area contributed by atoms with Gasteiger partial charge in [-0.3, -0.25) is 0 Å². The lowest BCUT2D eigenvalue weighted by atomic mass is 10.0. The normalized spacial score (nSPS) is 11.5. The van der Waals surface area contributed by atoms with Crippen molar-refractivity contribution in [1.29, 1.82) is 0 Å². The van der Waals surface area contributed by atoms with Gasteiger partial charge < -0.3 is 23.7 Å². The predicted octanol–water partition coefficient (Wildman–Crippen LogP) is 4.14. The Balaban J connectivity index is -0.000000772. The van der Waals surface area contributed by atoms with Gasteiger partial charge >= 0.3 is 9.05 Å². The molecule has 0 aliphatic heterocycles. The standard InChI is InChI=1S/C19H42N.BrH.H4O4Si/c1-5-6-7-8-9-10-11-12-13-14-15-16-17-18-19-20(2,3)4;;1-5(2,3)4/h5-19H2,1-4H3;1H;1-4H/q+1;;. The van der Waals surface area contributed by atoms with Gasteiger partial charge in [0.05, 0.1) is 27.7 Å². The van der Waals surface area contributed by atoms with Gasteiger partial charge in [0.25, 0.3) is 0 Å². The zero-order chi connectivity index (χ0) is 19.6. The van der Waals surface area contributed by atoms with E-state index in [9.17, 15) is 0 Å². The maximum absolute atomic E-state index is 7.33. The van der Waals surface area contributed by atoms with Gasteiger partial charge in [-0.25, -0.2) is 0 Å². The van der Waals surface area contributed by atoms with Crippen LogP contribution in [0.1, 0.15) is 96.8 Å². The topological polar surface area (TPSA) is 80.9 Å². The molecule has 0 unspecified atom stereocenters. The molecule has 0 aromatic heterocycles. The molecule has 0 aliphatic carbocycles. The molecule has 0 saturated heterocycles. The second-order valence-electron chi connectivity index (χ2n) is 8.21. The Bertz CT molecular complexity index is 265. The van der Waals surface area contributed by atoms with Crippen molar-refractivity contribution in [3.8, 4) is 0 Å². The number of rotatable bonds is 15. The van der Waals surface area contributed by atoms with Crippen LogP contribution >= 0.6 is 17.0 Å².